The number of benzene rings is 2. The Bertz CT molecular complexity index is 614. The molecule has 0 radical (unpaired) electrons. The molecule has 0 heterocycles. The minimum Gasteiger partial charge on any atom is -0.494 e. The summed E-state index contributed by atoms with van der Waals surface area (Å²) in [6, 6.07) is 14.3. The summed E-state index contributed by atoms with van der Waals surface area (Å²) in [6.45, 7) is 2.53. The number of nitrogens with one attached hydrogen (secondary N) is 1. The van der Waals surface area contributed by atoms with E-state index in [1.165, 1.54) is 0 Å². The van der Waals surface area contributed by atoms with Crippen LogP contribution in [0.5, 0.6) is 5.75 Å². The van der Waals surface area contributed by atoms with Crippen LogP contribution in [0.15, 0.2) is 53.0 Å². The Morgan fingerprint density at radius 2 is 1.90 bits per heavy atom. The molecule has 0 aliphatic carbocycles. The molecule has 3 N–H and O–H groups in total. The number of carbonyl (C=O) groups excluding carboxylic acids is 1. The third-order valence-electron chi connectivity index (χ3n) is 2.98. The first-order valence-electron chi connectivity index (χ1n) is 6.65. The fraction of sp³-hybridized carbons (Fsp3) is 0.188. The molecule has 0 fully saturated rings. The highest BCUT2D eigenvalue weighted by atomic mass is 79.9. The van der Waals surface area contributed by atoms with E-state index in [2.05, 4.69) is 21.2 Å². The van der Waals surface area contributed by atoms with E-state index in [1.54, 1.807) is 0 Å². The van der Waals surface area contributed by atoms with Crippen LogP contribution < -0.4 is 15.8 Å². The summed E-state index contributed by atoms with van der Waals surface area (Å²) in [5.41, 5.74) is 7.12. The van der Waals surface area contributed by atoms with E-state index in [0.717, 1.165) is 21.5 Å². The van der Waals surface area contributed by atoms with Crippen molar-refractivity contribution in [2.24, 2.45) is 5.73 Å². The molecule has 110 valence electrons. The van der Waals surface area contributed by atoms with Crippen molar-refractivity contribution >= 4 is 27.5 Å². The third-order valence-corrected chi connectivity index (χ3v) is 3.67. The van der Waals surface area contributed by atoms with Crippen molar-refractivity contribution < 1.29 is 9.53 Å². The average molecular weight is 349 g/mol. The van der Waals surface area contributed by atoms with Gasteiger partial charge in [0, 0.05) is 10.2 Å². The van der Waals surface area contributed by atoms with Gasteiger partial charge in [-0.25, -0.2) is 0 Å². The first kappa shape index (κ1) is 15.4. The van der Waals surface area contributed by atoms with E-state index in [-0.39, 0.29) is 0 Å². The molecule has 1 unspecified atom stereocenters. The van der Waals surface area contributed by atoms with Gasteiger partial charge in [-0.3, -0.25) is 4.79 Å². The van der Waals surface area contributed by atoms with E-state index < -0.39 is 11.9 Å². The molecule has 0 spiro atoms. The van der Waals surface area contributed by atoms with Crippen LogP contribution in [0.4, 0.5) is 5.69 Å². The number of nitrogens with two attached hydrogens (primary N) is 1. The molecule has 2 aromatic carbocycles. The fourth-order valence-electron chi connectivity index (χ4n) is 1.98. The first-order valence-corrected chi connectivity index (χ1v) is 7.44. The Hall–Kier alpha value is -2.01. The van der Waals surface area contributed by atoms with Crippen LogP contribution >= 0.6 is 15.9 Å². The van der Waals surface area contributed by atoms with Crippen molar-refractivity contribution in [2.45, 2.75) is 13.0 Å². The van der Waals surface area contributed by atoms with Crippen molar-refractivity contribution in [1.29, 1.82) is 0 Å². The summed E-state index contributed by atoms with van der Waals surface area (Å²) in [5, 5.41) is 3.15. The van der Waals surface area contributed by atoms with Gasteiger partial charge in [0.05, 0.1) is 6.61 Å². The van der Waals surface area contributed by atoms with Gasteiger partial charge >= 0.3 is 0 Å². The molecule has 0 aliphatic heterocycles. The zero-order valence-corrected chi connectivity index (χ0v) is 13.3. The smallest absolute Gasteiger partial charge is 0.244 e. The second-order valence-electron chi connectivity index (χ2n) is 4.46. The fourth-order valence-corrected chi connectivity index (χ4v) is 2.37. The lowest BCUT2D eigenvalue weighted by molar-refractivity contribution is -0.118. The van der Waals surface area contributed by atoms with Crippen molar-refractivity contribution in [3.8, 4) is 5.75 Å². The molecule has 0 saturated heterocycles. The van der Waals surface area contributed by atoms with Gasteiger partial charge in [-0.2, -0.15) is 0 Å². The van der Waals surface area contributed by atoms with Crippen molar-refractivity contribution in [3.05, 3.63) is 58.6 Å². The van der Waals surface area contributed by atoms with Gasteiger partial charge in [0.2, 0.25) is 5.91 Å². The Kier molecular flexibility index (Phi) is 5.22. The maximum Gasteiger partial charge on any atom is 0.244 e. The summed E-state index contributed by atoms with van der Waals surface area (Å²) < 4.78 is 6.27. The quantitative estimate of drug-likeness (QED) is 0.839. The summed E-state index contributed by atoms with van der Waals surface area (Å²) >= 11 is 3.44. The maximum atomic E-state index is 11.7. The third kappa shape index (κ3) is 3.98. The summed E-state index contributed by atoms with van der Waals surface area (Å²) in [4.78, 5) is 11.7. The molecular formula is C16H17BrN2O2. The molecule has 0 aliphatic rings. The van der Waals surface area contributed by atoms with Gasteiger partial charge in [0.1, 0.15) is 11.8 Å². The van der Waals surface area contributed by atoms with Gasteiger partial charge in [0.15, 0.2) is 0 Å². The van der Waals surface area contributed by atoms with Crippen LogP contribution in [0.3, 0.4) is 0 Å². The van der Waals surface area contributed by atoms with Crippen LogP contribution in [0.2, 0.25) is 0 Å². The number of rotatable bonds is 6. The molecule has 2 aromatic rings. The SMILES string of the molecule is CCOc1ccc(C(Nc2ccccc2Br)C(N)=O)cc1. The lowest BCUT2D eigenvalue weighted by Gasteiger charge is -2.18. The lowest BCUT2D eigenvalue weighted by Crippen LogP contribution is -2.27. The monoisotopic (exact) mass is 348 g/mol. The predicted octanol–water partition coefficient (Wildman–Crippen LogP) is 3.49. The van der Waals surface area contributed by atoms with Crippen LogP contribution in [-0.4, -0.2) is 12.5 Å². The van der Waals surface area contributed by atoms with Gasteiger partial charge < -0.3 is 15.8 Å². The molecule has 4 nitrogen and oxygen atoms in total. The van der Waals surface area contributed by atoms with E-state index >= 15 is 0 Å². The second kappa shape index (κ2) is 7.13. The number of amides is 1. The minimum absolute atomic E-state index is 0.435. The van der Waals surface area contributed by atoms with E-state index in [4.69, 9.17) is 10.5 Å². The zero-order chi connectivity index (χ0) is 15.2. The van der Waals surface area contributed by atoms with E-state index in [0.29, 0.717) is 6.61 Å². The molecule has 0 bridgehead atoms. The number of carbonyl (C=O) groups is 1. The van der Waals surface area contributed by atoms with Crippen molar-refractivity contribution in [3.63, 3.8) is 0 Å². The van der Waals surface area contributed by atoms with Crippen LogP contribution in [0.25, 0.3) is 0 Å². The van der Waals surface area contributed by atoms with Crippen molar-refractivity contribution in [1.82, 2.24) is 0 Å². The van der Waals surface area contributed by atoms with Gasteiger partial charge in [-0.15, -0.1) is 0 Å². The number of anilines is 1. The van der Waals surface area contributed by atoms with Crippen LogP contribution in [-0.2, 0) is 4.79 Å². The predicted molar refractivity (Wildman–Crippen MR) is 87.3 cm³/mol. The summed E-state index contributed by atoms with van der Waals surface area (Å²) in [5.74, 6) is 0.334. The first-order chi connectivity index (χ1) is 10.1. The summed E-state index contributed by atoms with van der Waals surface area (Å²) in [7, 11) is 0. The standard InChI is InChI=1S/C16H17BrN2O2/c1-2-21-12-9-7-11(8-10-12)15(16(18)20)19-14-6-4-3-5-13(14)17/h3-10,15,19H,2H2,1H3,(H2,18,20). The number of hydrogen-bond acceptors (Lipinski definition) is 3. The number of halogens is 1. The minimum atomic E-state index is -0.598. The lowest BCUT2D eigenvalue weighted by atomic mass is 10.1. The number of ether oxygens (including phenoxy) is 1. The van der Waals surface area contributed by atoms with Gasteiger partial charge in [-0.1, -0.05) is 24.3 Å². The molecule has 0 aromatic heterocycles. The molecule has 1 atom stereocenters. The Balaban J connectivity index is 2.23. The van der Waals surface area contributed by atoms with E-state index in [9.17, 15) is 4.79 Å². The number of hydrogen-bond donors (Lipinski definition) is 2. The van der Waals surface area contributed by atoms with E-state index in [1.807, 2.05) is 55.5 Å². The molecule has 21 heavy (non-hydrogen) atoms. The Morgan fingerprint density at radius 3 is 2.48 bits per heavy atom. The number of para-hydroxylation sites is 1. The maximum absolute atomic E-state index is 11.7. The second-order valence-corrected chi connectivity index (χ2v) is 5.32. The largest absolute Gasteiger partial charge is 0.494 e. The van der Waals surface area contributed by atoms with Gasteiger partial charge in [0.25, 0.3) is 0 Å². The normalized spacial score (nSPS) is 11.7. The molecule has 5 heteroatoms. The molecule has 1 amide bonds. The van der Waals surface area contributed by atoms with Crippen LogP contribution in [0.1, 0.15) is 18.5 Å². The number of primary amides is 1. The zero-order valence-electron chi connectivity index (χ0n) is 11.7. The van der Waals surface area contributed by atoms with Crippen LogP contribution in [0, 0.1) is 0 Å². The Labute approximate surface area is 132 Å². The highest BCUT2D eigenvalue weighted by Gasteiger charge is 2.18. The highest BCUT2D eigenvalue weighted by molar-refractivity contribution is 9.10. The molecular weight excluding hydrogens is 332 g/mol. The average Bonchev–Trinajstić information content (AvgIpc) is 2.47. The highest BCUT2D eigenvalue weighted by Crippen LogP contribution is 2.27. The van der Waals surface area contributed by atoms with Crippen molar-refractivity contribution in [2.75, 3.05) is 11.9 Å². The summed E-state index contributed by atoms with van der Waals surface area (Å²) in [6.07, 6.45) is 0. The van der Waals surface area contributed by atoms with Gasteiger partial charge in [-0.05, 0) is 52.7 Å². The molecule has 0 saturated carbocycles. The molecule has 2 rings (SSSR count). The Morgan fingerprint density at radius 1 is 1.24 bits per heavy atom. The topological polar surface area (TPSA) is 64.3 Å².